The number of nitrogens with zero attached hydrogens (tertiary/aromatic N) is 1. The second-order valence-electron chi connectivity index (χ2n) is 4.44. The van der Waals surface area contributed by atoms with Gasteiger partial charge in [-0.2, -0.15) is 0 Å². The molecule has 1 fully saturated rings. The molecule has 1 heterocycles. The maximum Gasteiger partial charge on any atom is 0.227 e. The van der Waals surface area contributed by atoms with E-state index in [1.165, 1.54) is 6.08 Å². The van der Waals surface area contributed by atoms with Crippen molar-refractivity contribution in [1.82, 2.24) is 10.2 Å². The Labute approximate surface area is 113 Å². The van der Waals surface area contributed by atoms with Crippen molar-refractivity contribution in [3.8, 4) is 0 Å². The number of carbonyl (C=O) groups excluding carboxylic acids is 2. The molecule has 1 aliphatic rings. The highest BCUT2D eigenvalue weighted by Gasteiger charge is 2.20. The van der Waals surface area contributed by atoms with Gasteiger partial charge in [0.1, 0.15) is 5.82 Å². The summed E-state index contributed by atoms with van der Waals surface area (Å²) < 4.78 is 0. The summed E-state index contributed by atoms with van der Waals surface area (Å²) in [5.74, 6) is 0.574. The van der Waals surface area contributed by atoms with Crippen LogP contribution in [0.5, 0.6) is 0 Å². The van der Waals surface area contributed by atoms with Crippen LogP contribution in [0.3, 0.4) is 0 Å². The number of benzene rings is 1. The minimum atomic E-state index is -0.0843. The molecule has 0 unspecified atom stereocenters. The van der Waals surface area contributed by atoms with Gasteiger partial charge in [0.05, 0.1) is 0 Å². The molecule has 1 aliphatic heterocycles. The van der Waals surface area contributed by atoms with Crippen molar-refractivity contribution in [2.45, 2.75) is 19.8 Å². The summed E-state index contributed by atoms with van der Waals surface area (Å²) in [6, 6.07) is 9.07. The van der Waals surface area contributed by atoms with Gasteiger partial charge >= 0.3 is 0 Å². The zero-order valence-electron chi connectivity index (χ0n) is 11.1. The van der Waals surface area contributed by atoms with E-state index in [2.05, 4.69) is 5.32 Å². The Bertz CT molecular complexity index is 494. The number of hydrogen-bond acceptors (Lipinski definition) is 3. The molecule has 0 spiro atoms. The molecule has 0 aromatic heterocycles. The Morgan fingerprint density at radius 3 is 2.74 bits per heavy atom. The molecule has 1 N–H and O–H groups in total. The van der Waals surface area contributed by atoms with Gasteiger partial charge in [-0.1, -0.05) is 37.3 Å². The molecule has 1 aromatic rings. The van der Waals surface area contributed by atoms with Gasteiger partial charge in [0.2, 0.25) is 5.91 Å². The lowest BCUT2D eigenvalue weighted by atomic mass is 10.1. The molecule has 0 aliphatic carbocycles. The highest BCUT2D eigenvalue weighted by molar-refractivity contribution is 6.05. The van der Waals surface area contributed by atoms with Crippen LogP contribution in [-0.4, -0.2) is 29.7 Å². The molecule has 2 rings (SSSR count). The fraction of sp³-hybridized carbons (Fsp3) is 0.333. The number of ketones is 1. The third kappa shape index (κ3) is 3.22. The summed E-state index contributed by atoms with van der Waals surface area (Å²) in [5, 5.41) is 3.13. The van der Waals surface area contributed by atoms with Crippen LogP contribution < -0.4 is 5.32 Å². The van der Waals surface area contributed by atoms with Gasteiger partial charge in [0, 0.05) is 31.1 Å². The number of rotatable bonds is 3. The summed E-state index contributed by atoms with van der Waals surface area (Å²) in [7, 11) is 0. The Kier molecular flexibility index (Phi) is 4.34. The Morgan fingerprint density at radius 2 is 2.05 bits per heavy atom. The average Bonchev–Trinajstić information content (AvgIpc) is 2.48. The largest absolute Gasteiger partial charge is 0.371 e. The molecule has 4 nitrogen and oxygen atoms in total. The summed E-state index contributed by atoms with van der Waals surface area (Å²) >= 11 is 0. The summed E-state index contributed by atoms with van der Waals surface area (Å²) in [5.41, 5.74) is 0.631. The molecule has 0 saturated carbocycles. The third-order valence-corrected chi connectivity index (χ3v) is 3.09. The van der Waals surface area contributed by atoms with E-state index in [0.29, 0.717) is 24.4 Å². The normalized spacial score (nSPS) is 17.1. The van der Waals surface area contributed by atoms with Crippen molar-refractivity contribution in [1.29, 1.82) is 0 Å². The first-order chi connectivity index (χ1) is 9.22. The van der Waals surface area contributed by atoms with Crippen molar-refractivity contribution < 1.29 is 9.59 Å². The lowest BCUT2D eigenvalue weighted by molar-refractivity contribution is -0.129. The maximum absolute atomic E-state index is 12.1. The lowest BCUT2D eigenvalue weighted by Crippen LogP contribution is -2.43. The van der Waals surface area contributed by atoms with E-state index in [0.717, 1.165) is 13.0 Å². The topological polar surface area (TPSA) is 49.4 Å². The fourth-order valence-corrected chi connectivity index (χ4v) is 2.06. The maximum atomic E-state index is 12.1. The van der Waals surface area contributed by atoms with Crippen LogP contribution in [0, 0.1) is 0 Å². The van der Waals surface area contributed by atoms with Crippen LogP contribution in [0.4, 0.5) is 0 Å². The molecule has 19 heavy (non-hydrogen) atoms. The number of nitrogens with one attached hydrogen (secondary N) is 1. The molecular formula is C15H18N2O2. The summed E-state index contributed by atoms with van der Waals surface area (Å²) in [6.07, 6.45) is 2.86. The van der Waals surface area contributed by atoms with E-state index in [1.54, 1.807) is 17.0 Å². The van der Waals surface area contributed by atoms with Crippen molar-refractivity contribution >= 4 is 11.7 Å². The van der Waals surface area contributed by atoms with Crippen LogP contribution in [0.15, 0.2) is 42.2 Å². The number of amides is 1. The predicted molar refractivity (Wildman–Crippen MR) is 73.5 cm³/mol. The molecule has 100 valence electrons. The van der Waals surface area contributed by atoms with E-state index in [-0.39, 0.29) is 11.7 Å². The molecule has 1 amide bonds. The number of carbonyl (C=O) groups is 2. The van der Waals surface area contributed by atoms with Crippen LogP contribution in [0.2, 0.25) is 0 Å². The Balaban J connectivity index is 2.20. The molecule has 0 bridgehead atoms. The van der Waals surface area contributed by atoms with Crippen LogP contribution in [-0.2, 0) is 4.79 Å². The van der Waals surface area contributed by atoms with Gasteiger partial charge < -0.3 is 5.32 Å². The van der Waals surface area contributed by atoms with E-state index in [1.807, 2.05) is 25.1 Å². The van der Waals surface area contributed by atoms with Gasteiger partial charge in [-0.15, -0.1) is 0 Å². The third-order valence-electron chi connectivity index (χ3n) is 3.09. The minimum Gasteiger partial charge on any atom is -0.371 e. The van der Waals surface area contributed by atoms with Gasteiger partial charge in [-0.25, -0.2) is 0 Å². The summed E-state index contributed by atoms with van der Waals surface area (Å²) in [6.45, 7) is 3.29. The minimum absolute atomic E-state index is 0.0410. The fourth-order valence-electron chi connectivity index (χ4n) is 2.06. The predicted octanol–water partition coefficient (Wildman–Crippen LogP) is 1.94. The van der Waals surface area contributed by atoms with Crippen molar-refractivity contribution in [3.63, 3.8) is 0 Å². The van der Waals surface area contributed by atoms with E-state index < -0.39 is 0 Å². The SMILES string of the molecule is CCC(=O)N1CCCN/C1=C\C(=O)c1ccccc1. The molecule has 1 aromatic carbocycles. The Hall–Kier alpha value is -2.10. The zero-order valence-corrected chi connectivity index (χ0v) is 11.1. The van der Waals surface area contributed by atoms with E-state index in [4.69, 9.17) is 0 Å². The highest BCUT2D eigenvalue weighted by atomic mass is 16.2. The second-order valence-corrected chi connectivity index (χ2v) is 4.44. The Morgan fingerprint density at radius 1 is 1.32 bits per heavy atom. The first kappa shape index (κ1) is 13.3. The zero-order chi connectivity index (χ0) is 13.7. The summed E-state index contributed by atoms with van der Waals surface area (Å²) in [4.78, 5) is 25.6. The number of hydrogen-bond donors (Lipinski definition) is 1. The molecule has 1 saturated heterocycles. The molecular weight excluding hydrogens is 240 g/mol. The van der Waals surface area contributed by atoms with Gasteiger partial charge in [0.15, 0.2) is 5.78 Å². The van der Waals surface area contributed by atoms with Crippen LogP contribution >= 0.6 is 0 Å². The van der Waals surface area contributed by atoms with Gasteiger partial charge in [0.25, 0.3) is 0 Å². The van der Waals surface area contributed by atoms with Crippen LogP contribution in [0.1, 0.15) is 30.1 Å². The van der Waals surface area contributed by atoms with Crippen molar-refractivity contribution in [2.75, 3.05) is 13.1 Å². The first-order valence-electron chi connectivity index (χ1n) is 6.57. The van der Waals surface area contributed by atoms with E-state index >= 15 is 0 Å². The first-order valence-corrected chi connectivity index (χ1v) is 6.57. The van der Waals surface area contributed by atoms with Crippen molar-refractivity contribution in [2.24, 2.45) is 0 Å². The molecule has 0 atom stereocenters. The van der Waals surface area contributed by atoms with E-state index in [9.17, 15) is 9.59 Å². The lowest BCUT2D eigenvalue weighted by Gasteiger charge is -2.30. The standard InChI is InChI=1S/C15H18N2O2/c1-2-15(19)17-10-6-9-16-14(17)11-13(18)12-7-4-3-5-8-12/h3-5,7-8,11,16H,2,6,9-10H2,1H3/b14-11+. The van der Waals surface area contributed by atoms with Crippen molar-refractivity contribution in [3.05, 3.63) is 47.8 Å². The second kappa shape index (κ2) is 6.18. The monoisotopic (exact) mass is 258 g/mol. The highest BCUT2D eigenvalue weighted by Crippen LogP contribution is 2.12. The van der Waals surface area contributed by atoms with Gasteiger partial charge in [-0.3, -0.25) is 14.5 Å². The molecule has 4 heteroatoms. The number of allylic oxidation sites excluding steroid dienone is 1. The smallest absolute Gasteiger partial charge is 0.227 e. The quantitative estimate of drug-likeness (QED) is 0.666. The molecule has 0 radical (unpaired) electrons. The van der Waals surface area contributed by atoms with Crippen LogP contribution in [0.25, 0.3) is 0 Å². The average molecular weight is 258 g/mol. The van der Waals surface area contributed by atoms with Gasteiger partial charge in [-0.05, 0) is 6.42 Å².